The van der Waals surface area contributed by atoms with Crippen LogP contribution in [0.3, 0.4) is 0 Å². The summed E-state index contributed by atoms with van der Waals surface area (Å²) >= 11 is 1.37. The second-order valence-electron chi connectivity index (χ2n) is 8.60. The molecule has 4 aromatic rings. The van der Waals surface area contributed by atoms with E-state index in [1.807, 2.05) is 68.4 Å². The lowest BCUT2D eigenvalue weighted by molar-refractivity contribution is -0.132. The fourth-order valence-electron chi connectivity index (χ4n) is 4.27. The SMILES string of the molecule is CCc1ccc([C@H]2C(=C(O)c3ccc(C)cc3)C(=O)C(=O)N2c2nc3ccc(C)cc3s2)cc1. The molecule has 1 aliphatic rings. The molecule has 0 bridgehead atoms. The van der Waals surface area contributed by atoms with Crippen LogP contribution in [0.1, 0.15) is 40.8 Å². The van der Waals surface area contributed by atoms with E-state index in [-0.39, 0.29) is 11.3 Å². The molecule has 0 spiro atoms. The number of rotatable bonds is 4. The number of nitrogens with zero attached hydrogens (tertiary/aromatic N) is 2. The third-order valence-corrected chi connectivity index (χ3v) is 7.23. The summed E-state index contributed by atoms with van der Waals surface area (Å²) in [6.45, 7) is 6.02. The van der Waals surface area contributed by atoms with Crippen molar-refractivity contribution in [1.82, 2.24) is 4.98 Å². The average molecular weight is 469 g/mol. The fraction of sp³-hybridized carbons (Fsp3) is 0.179. The molecular weight excluding hydrogens is 444 g/mol. The highest BCUT2D eigenvalue weighted by molar-refractivity contribution is 7.22. The Kier molecular flexibility index (Phi) is 5.54. The summed E-state index contributed by atoms with van der Waals surface area (Å²) in [4.78, 5) is 32.8. The summed E-state index contributed by atoms with van der Waals surface area (Å²) in [6, 6.07) is 20.2. The van der Waals surface area contributed by atoms with Gasteiger partial charge < -0.3 is 5.11 Å². The monoisotopic (exact) mass is 468 g/mol. The van der Waals surface area contributed by atoms with E-state index < -0.39 is 17.7 Å². The zero-order valence-corrected chi connectivity index (χ0v) is 20.0. The van der Waals surface area contributed by atoms with Crippen molar-refractivity contribution in [2.75, 3.05) is 4.90 Å². The van der Waals surface area contributed by atoms with Gasteiger partial charge in [-0.2, -0.15) is 0 Å². The Labute approximate surface area is 202 Å². The number of aliphatic hydroxyl groups is 1. The van der Waals surface area contributed by atoms with Crippen molar-refractivity contribution >= 4 is 44.1 Å². The highest BCUT2D eigenvalue weighted by atomic mass is 32.1. The number of anilines is 1. The van der Waals surface area contributed by atoms with Crippen LogP contribution in [0.15, 0.2) is 72.3 Å². The van der Waals surface area contributed by atoms with Gasteiger partial charge in [-0.25, -0.2) is 4.98 Å². The lowest BCUT2D eigenvalue weighted by Crippen LogP contribution is -2.29. The number of hydrogen-bond donors (Lipinski definition) is 1. The molecule has 1 aromatic heterocycles. The normalized spacial score (nSPS) is 17.6. The van der Waals surface area contributed by atoms with Crippen LogP contribution < -0.4 is 4.90 Å². The zero-order valence-electron chi connectivity index (χ0n) is 19.2. The topological polar surface area (TPSA) is 70.5 Å². The van der Waals surface area contributed by atoms with Crippen LogP contribution in [0.4, 0.5) is 5.13 Å². The third-order valence-electron chi connectivity index (χ3n) is 6.21. The van der Waals surface area contributed by atoms with Crippen LogP contribution in [-0.2, 0) is 16.0 Å². The Morgan fingerprint density at radius 1 is 0.971 bits per heavy atom. The molecule has 5 rings (SSSR count). The predicted octanol–water partition coefficient (Wildman–Crippen LogP) is 6.10. The molecule has 3 aromatic carbocycles. The second-order valence-corrected chi connectivity index (χ2v) is 9.61. The number of amides is 1. The number of hydrogen-bond acceptors (Lipinski definition) is 5. The maximum atomic E-state index is 13.4. The van der Waals surface area contributed by atoms with Crippen LogP contribution >= 0.6 is 11.3 Å². The standard InChI is InChI=1S/C28H24N2O3S/c1-4-18-8-12-19(13-9-18)24-23(25(31)20-10-5-16(2)6-11-20)26(32)27(33)30(24)28-29-21-14-7-17(3)15-22(21)34-28/h5-15,24,31H,4H2,1-3H3/t24-/m0/s1. The third kappa shape index (κ3) is 3.70. The van der Waals surface area contributed by atoms with Gasteiger partial charge in [0, 0.05) is 5.56 Å². The Hall–Kier alpha value is -3.77. The number of carbonyl (C=O) groups is 2. The Morgan fingerprint density at radius 3 is 2.32 bits per heavy atom. The Balaban J connectivity index is 1.72. The number of aromatic nitrogens is 1. The summed E-state index contributed by atoms with van der Waals surface area (Å²) in [5.41, 5.74) is 5.37. The number of thiazole rings is 1. The summed E-state index contributed by atoms with van der Waals surface area (Å²) < 4.78 is 0.940. The van der Waals surface area contributed by atoms with Gasteiger partial charge in [-0.3, -0.25) is 14.5 Å². The second kappa shape index (κ2) is 8.54. The van der Waals surface area contributed by atoms with Gasteiger partial charge >= 0.3 is 5.91 Å². The van der Waals surface area contributed by atoms with Gasteiger partial charge in [-0.05, 0) is 49.1 Å². The van der Waals surface area contributed by atoms with Crippen LogP contribution in [0, 0.1) is 13.8 Å². The van der Waals surface area contributed by atoms with E-state index in [1.54, 1.807) is 12.1 Å². The quantitative estimate of drug-likeness (QED) is 0.223. The number of aliphatic hydroxyl groups excluding tert-OH is 1. The van der Waals surface area contributed by atoms with Gasteiger partial charge in [0.15, 0.2) is 5.13 Å². The Morgan fingerprint density at radius 2 is 1.65 bits per heavy atom. The smallest absolute Gasteiger partial charge is 0.301 e. The highest BCUT2D eigenvalue weighted by Gasteiger charge is 2.48. The summed E-state index contributed by atoms with van der Waals surface area (Å²) in [5.74, 6) is -1.57. The molecular formula is C28H24N2O3S. The zero-order chi connectivity index (χ0) is 24.0. The van der Waals surface area contributed by atoms with Crippen LogP contribution in [0.5, 0.6) is 0 Å². The van der Waals surface area contributed by atoms with E-state index in [9.17, 15) is 14.7 Å². The summed E-state index contributed by atoms with van der Waals surface area (Å²) in [7, 11) is 0. The highest BCUT2D eigenvalue weighted by Crippen LogP contribution is 2.44. The average Bonchev–Trinajstić information content (AvgIpc) is 3.37. The van der Waals surface area contributed by atoms with Gasteiger partial charge in [0.05, 0.1) is 21.8 Å². The number of benzene rings is 3. The summed E-state index contributed by atoms with van der Waals surface area (Å²) in [5, 5.41) is 11.7. The van der Waals surface area contributed by atoms with E-state index in [4.69, 9.17) is 0 Å². The van der Waals surface area contributed by atoms with Crippen molar-refractivity contribution in [3.8, 4) is 0 Å². The molecule has 1 N–H and O–H groups in total. The first-order chi connectivity index (χ1) is 16.4. The Bertz CT molecular complexity index is 1450. The van der Waals surface area contributed by atoms with Gasteiger partial charge in [-0.15, -0.1) is 0 Å². The summed E-state index contributed by atoms with van der Waals surface area (Å²) in [6.07, 6.45) is 0.876. The molecule has 1 saturated heterocycles. The van der Waals surface area contributed by atoms with E-state index in [0.717, 1.165) is 38.9 Å². The molecule has 1 aliphatic heterocycles. The van der Waals surface area contributed by atoms with Crippen molar-refractivity contribution in [2.45, 2.75) is 33.2 Å². The van der Waals surface area contributed by atoms with Crippen molar-refractivity contribution in [3.05, 3.63) is 100 Å². The van der Waals surface area contributed by atoms with Crippen LogP contribution in [0.2, 0.25) is 0 Å². The van der Waals surface area contributed by atoms with Gasteiger partial charge in [0.25, 0.3) is 5.78 Å². The molecule has 0 unspecified atom stereocenters. The minimum absolute atomic E-state index is 0.0774. The number of Topliss-reactive ketones (excluding diaryl/α,β-unsaturated/α-hetero) is 1. The minimum atomic E-state index is -0.770. The molecule has 2 heterocycles. The lowest BCUT2D eigenvalue weighted by Gasteiger charge is -2.23. The van der Waals surface area contributed by atoms with Crippen molar-refractivity contribution < 1.29 is 14.7 Å². The molecule has 0 aliphatic carbocycles. The molecule has 170 valence electrons. The van der Waals surface area contributed by atoms with E-state index in [0.29, 0.717) is 10.7 Å². The molecule has 6 heteroatoms. The maximum absolute atomic E-state index is 13.4. The largest absolute Gasteiger partial charge is 0.507 e. The molecule has 1 fully saturated rings. The molecule has 34 heavy (non-hydrogen) atoms. The van der Waals surface area contributed by atoms with Gasteiger partial charge in [0.1, 0.15) is 5.76 Å². The molecule has 0 radical (unpaired) electrons. The van der Waals surface area contributed by atoms with Gasteiger partial charge in [-0.1, -0.05) is 78.4 Å². The number of aryl methyl sites for hydroxylation is 3. The molecule has 0 saturated carbocycles. The van der Waals surface area contributed by atoms with Crippen molar-refractivity contribution in [2.24, 2.45) is 0 Å². The van der Waals surface area contributed by atoms with E-state index >= 15 is 0 Å². The number of fused-ring (bicyclic) bond motifs is 1. The molecule has 5 nitrogen and oxygen atoms in total. The number of ketones is 1. The first-order valence-corrected chi connectivity index (χ1v) is 12.0. The number of carbonyl (C=O) groups excluding carboxylic acids is 2. The minimum Gasteiger partial charge on any atom is -0.507 e. The van der Waals surface area contributed by atoms with E-state index in [1.165, 1.54) is 16.2 Å². The van der Waals surface area contributed by atoms with Crippen LogP contribution in [0.25, 0.3) is 16.0 Å². The maximum Gasteiger partial charge on any atom is 0.301 e. The predicted molar refractivity (Wildman–Crippen MR) is 136 cm³/mol. The van der Waals surface area contributed by atoms with E-state index in [2.05, 4.69) is 11.9 Å². The van der Waals surface area contributed by atoms with Crippen LogP contribution in [-0.4, -0.2) is 21.8 Å². The first-order valence-electron chi connectivity index (χ1n) is 11.2. The molecule has 1 amide bonds. The lowest BCUT2D eigenvalue weighted by atomic mass is 9.94. The van der Waals surface area contributed by atoms with Crippen molar-refractivity contribution in [3.63, 3.8) is 0 Å². The first kappa shape index (κ1) is 22.0. The fourth-order valence-corrected chi connectivity index (χ4v) is 5.36. The van der Waals surface area contributed by atoms with Crippen molar-refractivity contribution in [1.29, 1.82) is 0 Å². The van der Waals surface area contributed by atoms with Gasteiger partial charge in [0.2, 0.25) is 0 Å². The molecule has 1 atom stereocenters.